The van der Waals surface area contributed by atoms with Crippen molar-refractivity contribution in [2.45, 2.75) is 32.1 Å². The molecule has 156 valence electrons. The lowest BCUT2D eigenvalue weighted by Crippen LogP contribution is -2.53. The maximum absolute atomic E-state index is 13.3. The Hall–Kier alpha value is -1.70. The molecule has 7 heteroatoms. The molecule has 2 fully saturated rings. The van der Waals surface area contributed by atoms with Gasteiger partial charge in [-0.3, -0.25) is 9.89 Å². The third-order valence-corrected chi connectivity index (χ3v) is 5.57. The number of morpholine rings is 1. The van der Waals surface area contributed by atoms with Crippen LogP contribution in [0.3, 0.4) is 0 Å². The normalized spacial score (nSPS) is 27.8. The molecule has 3 unspecified atom stereocenters. The van der Waals surface area contributed by atoms with Gasteiger partial charge in [-0.1, -0.05) is 12.1 Å². The summed E-state index contributed by atoms with van der Waals surface area (Å²) in [6, 6.07) is 7.05. The third-order valence-electron chi connectivity index (χ3n) is 5.57. The quantitative estimate of drug-likeness (QED) is 0.626. The fraction of sp³-hybridized carbons (Fsp3) is 0.667. The maximum atomic E-state index is 13.3. The Labute approximate surface area is 168 Å². The molecule has 0 amide bonds. The van der Waals surface area contributed by atoms with Crippen molar-refractivity contribution in [1.29, 1.82) is 0 Å². The van der Waals surface area contributed by atoms with Crippen LogP contribution in [0.1, 0.15) is 25.5 Å². The van der Waals surface area contributed by atoms with Gasteiger partial charge in [-0.25, -0.2) is 4.39 Å². The smallest absolute Gasteiger partial charge is 0.194 e. The van der Waals surface area contributed by atoms with Crippen molar-refractivity contribution in [1.82, 2.24) is 20.0 Å². The zero-order valence-electron chi connectivity index (χ0n) is 17.6. The predicted molar refractivity (Wildman–Crippen MR) is 111 cm³/mol. The van der Waals surface area contributed by atoms with Gasteiger partial charge in [0.2, 0.25) is 0 Å². The molecule has 0 aliphatic carbocycles. The van der Waals surface area contributed by atoms with Crippen LogP contribution in [-0.2, 0) is 4.74 Å². The summed E-state index contributed by atoms with van der Waals surface area (Å²) in [7, 11) is 4.35. The van der Waals surface area contributed by atoms with Crippen LogP contribution in [0, 0.1) is 5.82 Å². The van der Waals surface area contributed by atoms with Gasteiger partial charge in [0.15, 0.2) is 5.96 Å². The Morgan fingerprint density at radius 1 is 1.18 bits per heavy atom. The van der Waals surface area contributed by atoms with Crippen LogP contribution < -0.4 is 5.32 Å². The monoisotopic (exact) mass is 391 g/mol. The van der Waals surface area contributed by atoms with Gasteiger partial charge in [0.25, 0.3) is 0 Å². The SMILES string of the molecule is CCNC(=NCC1CN(C)CCN1C)N1CC(C)OC(c2ccc(F)cc2)C1. The first-order valence-electron chi connectivity index (χ1n) is 10.3. The van der Waals surface area contributed by atoms with E-state index in [1.807, 2.05) is 12.1 Å². The Morgan fingerprint density at radius 3 is 2.64 bits per heavy atom. The Kier molecular flexibility index (Phi) is 7.26. The summed E-state index contributed by atoms with van der Waals surface area (Å²) in [6.45, 7) is 10.5. The summed E-state index contributed by atoms with van der Waals surface area (Å²) in [5.41, 5.74) is 1.00. The van der Waals surface area contributed by atoms with E-state index in [-0.39, 0.29) is 18.0 Å². The van der Waals surface area contributed by atoms with Crippen LogP contribution in [-0.4, -0.2) is 92.7 Å². The molecule has 0 radical (unpaired) electrons. The molecule has 2 saturated heterocycles. The molecule has 0 spiro atoms. The van der Waals surface area contributed by atoms with Crippen LogP contribution in [0.15, 0.2) is 29.3 Å². The van der Waals surface area contributed by atoms with Gasteiger partial charge in [0.05, 0.1) is 19.2 Å². The number of nitrogens with one attached hydrogen (secondary N) is 1. The lowest BCUT2D eigenvalue weighted by Gasteiger charge is -2.40. The highest BCUT2D eigenvalue weighted by atomic mass is 19.1. The van der Waals surface area contributed by atoms with Crippen LogP contribution in [0.5, 0.6) is 0 Å². The van der Waals surface area contributed by atoms with Crippen molar-refractivity contribution in [3.8, 4) is 0 Å². The largest absolute Gasteiger partial charge is 0.367 e. The molecular formula is C21H34FN5O. The maximum Gasteiger partial charge on any atom is 0.194 e. The summed E-state index contributed by atoms with van der Waals surface area (Å²) in [4.78, 5) is 12.0. The van der Waals surface area contributed by atoms with E-state index >= 15 is 0 Å². The average molecular weight is 392 g/mol. The number of guanidine groups is 1. The van der Waals surface area contributed by atoms with E-state index in [0.717, 1.165) is 50.8 Å². The molecule has 0 aromatic heterocycles. The van der Waals surface area contributed by atoms with E-state index < -0.39 is 0 Å². The van der Waals surface area contributed by atoms with E-state index in [1.54, 1.807) is 0 Å². The van der Waals surface area contributed by atoms with Crippen molar-refractivity contribution in [3.05, 3.63) is 35.6 Å². The number of hydrogen-bond donors (Lipinski definition) is 1. The van der Waals surface area contributed by atoms with Crippen LogP contribution in [0.25, 0.3) is 0 Å². The van der Waals surface area contributed by atoms with Crippen molar-refractivity contribution in [2.24, 2.45) is 4.99 Å². The van der Waals surface area contributed by atoms with Gasteiger partial charge >= 0.3 is 0 Å². The summed E-state index contributed by atoms with van der Waals surface area (Å²) in [6.07, 6.45) is -0.00663. The minimum absolute atomic E-state index is 0.0798. The summed E-state index contributed by atoms with van der Waals surface area (Å²) in [5.74, 6) is 0.715. The lowest BCUT2D eigenvalue weighted by atomic mass is 10.1. The first kappa shape index (κ1) is 21.0. The second-order valence-corrected chi connectivity index (χ2v) is 7.98. The first-order chi connectivity index (χ1) is 13.5. The highest BCUT2D eigenvalue weighted by Crippen LogP contribution is 2.25. The van der Waals surface area contributed by atoms with E-state index in [1.165, 1.54) is 12.1 Å². The number of rotatable bonds is 4. The molecule has 2 aliphatic heterocycles. The highest BCUT2D eigenvalue weighted by Gasteiger charge is 2.29. The van der Waals surface area contributed by atoms with Crippen molar-refractivity contribution >= 4 is 5.96 Å². The molecule has 6 nitrogen and oxygen atoms in total. The molecule has 3 atom stereocenters. The minimum Gasteiger partial charge on any atom is -0.367 e. The van der Waals surface area contributed by atoms with Gasteiger partial charge < -0.3 is 19.9 Å². The highest BCUT2D eigenvalue weighted by molar-refractivity contribution is 5.80. The number of likely N-dealkylation sites (N-methyl/N-ethyl adjacent to an activating group) is 2. The van der Waals surface area contributed by atoms with E-state index in [4.69, 9.17) is 9.73 Å². The fourth-order valence-electron chi connectivity index (χ4n) is 3.90. The molecule has 28 heavy (non-hydrogen) atoms. The zero-order chi connectivity index (χ0) is 20.1. The summed E-state index contributed by atoms with van der Waals surface area (Å²) in [5, 5.41) is 3.45. The second kappa shape index (κ2) is 9.67. The minimum atomic E-state index is -0.221. The molecule has 1 N–H and O–H groups in total. The Morgan fingerprint density at radius 2 is 1.93 bits per heavy atom. The van der Waals surface area contributed by atoms with Gasteiger partial charge in [-0.2, -0.15) is 0 Å². The third kappa shape index (κ3) is 5.43. The number of nitrogens with zero attached hydrogens (tertiary/aromatic N) is 4. The number of aliphatic imine (C=N–C) groups is 1. The number of benzene rings is 1. The molecule has 1 aromatic rings. The van der Waals surface area contributed by atoms with E-state index in [2.05, 4.69) is 48.0 Å². The fourth-order valence-corrected chi connectivity index (χ4v) is 3.90. The van der Waals surface area contributed by atoms with Crippen molar-refractivity contribution in [2.75, 3.05) is 59.9 Å². The van der Waals surface area contributed by atoms with Crippen molar-refractivity contribution in [3.63, 3.8) is 0 Å². The topological polar surface area (TPSA) is 43.3 Å². The molecule has 0 saturated carbocycles. The van der Waals surface area contributed by atoms with Gasteiger partial charge in [0, 0.05) is 38.8 Å². The number of piperazine rings is 1. The number of ether oxygens (including phenoxy) is 1. The van der Waals surface area contributed by atoms with E-state index in [9.17, 15) is 4.39 Å². The molecular weight excluding hydrogens is 357 g/mol. The van der Waals surface area contributed by atoms with Crippen LogP contribution in [0.4, 0.5) is 4.39 Å². The lowest BCUT2D eigenvalue weighted by molar-refractivity contribution is -0.0605. The average Bonchev–Trinajstić information content (AvgIpc) is 2.67. The van der Waals surface area contributed by atoms with Crippen molar-refractivity contribution < 1.29 is 9.13 Å². The Bertz CT molecular complexity index is 653. The molecule has 1 aromatic carbocycles. The van der Waals surface area contributed by atoms with Crippen LogP contribution >= 0.6 is 0 Å². The van der Waals surface area contributed by atoms with Gasteiger partial charge in [0.1, 0.15) is 11.9 Å². The predicted octanol–water partition coefficient (Wildman–Crippen LogP) is 1.80. The van der Waals surface area contributed by atoms with Gasteiger partial charge in [-0.15, -0.1) is 0 Å². The standard InChI is InChI=1S/C21H34FN5O/c1-5-23-21(24-12-19-14-25(3)10-11-26(19)4)27-13-16(2)28-20(15-27)17-6-8-18(22)9-7-17/h6-9,16,19-20H,5,10-15H2,1-4H3,(H,23,24). The first-order valence-corrected chi connectivity index (χ1v) is 10.3. The molecule has 2 heterocycles. The molecule has 3 rings (SSSR count). The Balaban J connectivity index is 1.71. The number of halogens is 1. The zero-order valence-corrected chi connectivity index (χ0v) is 17.6. The summed E-state index contributed by atoms with van der Waals surface area (Å²) >= 11 is 0. The molecule has 2 aliphatic rings. The van der Waals surface area contributed by atoms with Crippen LogP contribution in [0.2, 0.25) is 0 Å². The summed E-state index contributed by atoms with van der Waals surface area (Å²) < 4.78 is 19.4. The van der Waals surface area contributed by atoms with E-state index in [0.29, 0.717) is 12.6 Å². The van der Waals surface area contributed by atoms with Gasteiger partial charge in [-0.05, 0) is 45.6 Å². The number of hydrogen-bond acceptors (Lipinski definition) is 4. The second-order valence-electron chi connectivity index (χ2n) is 7.98. The molecule has 0 bridgehead atoms.